The van der Waals surface area contributed by atoms with Crippen LogP contribution in [0.4, 0.5) is 0 Å². The first-order chi connectivity index (χ1) is 22.3. The topological polar surface area (TPSA) is 69.4 Å². The number of unbranched alkanes of at least 4 members (excludes halogenated alkanes) is 5. The van der Waals surface area contributed by atoms with Gasteiger partial charge in [0, 0.05) is 22.1 Å². The van der Waals surface area contributed by atoms with E-state index in [0.29, 0.717) is 0 Å². The zero-order valence-corrected chi connectivity index (χ0v) is 29.9. The third-order valence-electron chi connectivity index (χ3n) is 10.3. The van der Waals surface area contributed by atoms with E-state index in [1.54, 1.807) is 0 Å². The molecule has 0 spiro atoms. The number of aromatic amines is 2. The average Bonchev–Trinajstić information content (AvgIpc) is 3.70. The molecule has 5 rings (SSSR count). The van der Waals surface area contributed by atoms with Crippen LogP contribution in [0.25, 0.3) is 44.4 Å². The van der Waals surface area contributed by atoms with Gasteiger partial charge in [0.2, 0.25) is 0 Å². The molecule has 8 bridgehead atoms. The van der Waals surface area contributed by atoms with Crippen LogP contribution < -0.4 is 5.32 Å². The van der Waals surface area contributed by atoms with Crippen molar-refractivity contribution >= 4 is 44.4 Å². The highest BCUT2D eigenvalue weighted by molar-refractivity contribution is 5.95. The van der Waals surface area contributed by atoms with Gasteiger partial charge >= 0.3 is 0 Å². The molecule has 0 fully saturated rings. The molecule has 3 N–H and O–H groups in total. The van der Waals surface area contributed by atoms with E-state index in [1.807, 2.05) is 7.05 Å². The van der Waals surface area contributed by atoms with Crippen LogP contribution in [-0.4, -0.2) is 33.5 Å². The fourth-order valence-corrected chi connectivity index (χ4v) is 7.20. The van der Waals surface area contributed by atoms with E-state index in [9.17, 15) is 0 Å². The molecular weight excluding hydrogens is 562 g/mol. The Morgan fingerprint density at radius 3 is 1.39 bits per heavy atom. The molecule has 0 aromatic carbocycles. The highest BCUT2D eigenvalue weighted by Gasteiger charge is 2.21. The van der Waals surface area contributed by atoms with Crippen LogP contribution in [0, 0.1) is 13.8 Å². The Morgan fingerprint density at radius 2 is 0.957 bits per heavy atom. The number of nitrogens with one attached hydrogen (secondary N) is 3. The Kier molecular flexibility index (Phi) is 11.4. The number of likely N-dealkylation sites (N-methyl/N-ethyl adjacent to an activating group) is 1. The highest BCUT2D eigenvalue weighted by Crippen LogP contribution is 2.37. The normalized spacial score (nSPS) is 13.4. The predicted molar refractivity (Wildman–Crippen MR) is 200 cm³/mol. The maximum Gasteiger partial charge on any atom is 0.0693 e. The summed E-state index contributed by atoms with van der Waals surface area (Å²) in [5.74, 6) is 0. The van der Waals surface area contributed by atoms with Gasteiger partial charge in [-0.15, -0.1) is 0 Å². The van der Waals surface area contributed by atoms with E-state index in [0.717, 1.165) is 60.5 Å². The first-order valence-corrected chi connectivity index (χ1v) is 18.1. The summed E-state index contributed by atoms with van der Waals surface area (Å²) in [6, 6.07) is 9.28. The van der Waals surface area contributed by atoms with E-state index in [1.165, 1.54) is 112 Å². The molecule has 0 unspecified atom stereocenters. The summed E-state index contributed by atoms with van der Waals surface area (Å²) in [5, 5.41) is 3.37. The fourth-order valence-electron chi connectivity index (χ4n) is 7.20. The van der Waals surface area contributed by atoms with Crippen LogP contribution >= 0.6 is 0 Å². The van der Waals surface area contributed by atoms with Crippen molar-refractivity contribution in [2.24, 2.45) is 0 Å². The Labute approximate surface area is 277 Å². The fraction of sp³-hybridized carbons (Fsp3) is 0.512. The summed E-state index contributed by atoms with van der Waals surface area (Å²) >= 11 is 0. The quantitative estimate of drug-likeness (QED) is 0.157. The Morgan fingerprint density at radius 1 is 0.522 bits per heavy atom. The number of hydrogen-bond acceptors (Lipinski definition) is 3. The maximum atomic E-state index is 5.35. The lowest BCUT2D eigenvalue weighted by Gasteiger charge is -2.04. The Balaban J connectivity index is 1.87. The van der Waals surface area contributed by atoms with Crippen molar-refractivity contribution in [2.75, 3.05) is 13.6 Å². The molecular formula is C41H57N5. The largest absolute Gasteiger partial charge is 0.355 e. The molecule has 3 aromatic heterocycles. The van der Waals surface area contributed by atoms with Gasteiger partial charge in [0.15, 0.2) is 0 Å². The summed E-state index contributed by atoms with van der Waals surface area (Å²) in [6.45, 7) is 16.9. The van der Waals surface area contributed by atoms with E-state index >= 15 is 0 Å². The minimum atomic E-state index is 0.928. The van der Waals surface area contributed by atoms with Crippen molar-refractivity contribution in [3.63, 3.8) is 0 Å². The number of H-pyrrole nitrogens is 2. The van der Waals surface area contributed by atoms with Crippen LogP contribution in [0.3, 0.4) is 0 Å². The first-order valence-electron chi connectivity index (χ1n) is 18.1. The molecule has 2 aliphatic heterocycles. The standard InChI is InChI=1S/C41H57N5/c1-9-12-15-18-31-27(5)35-22-38-30(17-14-11-3)26(4)34(43-38)23-39-32(19-16-13-10-2)28(6)36(45-39)25-41-33(20-21-42-8)29(7)37(46-41)24-40(31)44-35/h22-25,42-43,46H,9-21H2,1-8H3. The van der Waals surface area contributed by atoms with Gasteiger partial charge < -0.3 is 15.3 Å². The average molecular weight is 620 g/mol. The van der Waals surface area contributed by atoms with Crippen molar-refractivity contribution in [3.05, 3.63) is 69.3 Å². The number of aromatic nitrogens is 4. The molecule has 0 saturated heterocycles. The number of rotatable bonds is 14. The SMILES string of the molecule is CCCCCC1=C(C)c2cc3[nH]c(cc4nc(cc5[nH]c(cc1n2)c(C)c5CCCC)C(C)=C4CCCCC)c(C)c3CCNC. The second-order valence-electron chi connectivity index (χ2n) is 13.5. The van der Waals surface area contributed by atoms with Crippen molar-refractivity contribution in [2.45, 2.75) is 126 Å². The lowest BCUT2D eigenvalue weighted by atomic mass is 9.98. The van der Waals surface area contributed by atoms with Gasteiger partial charge in [0.05, 0.1) is 22.8 Å². The predicted octanol–water partition coefficient (Wildman–Crippen LogP) is 11.1. The first kappa shape index (κ1) is 33.9. The molecule has 5 heteroatoms. The van der Waals surface area contributed by atoms with Crippen LogP contribution in [0.5, 0.6) is 0 Å². The van der Waals surface area contributed by atoms with Crippen molar-refractivity contribution in [3.8, 4) is 0 Å². The van der Waals surface area contributed by atoms with Crippen molar-refractivity contribution < 1.29 is 0 Å². The number of allylic oxidation sites excluding steroid dienone is 4. The number of nitrogens with zero attached hydrogens (tertiary/aromatic N) is 2. The number of aryl methyl sites for hydroxylation is 3. The summed E-state index contributed by atoms with van der Waals surface area (Å²) in [5.41, 5.74) is 19.9. The maximum absolute atomic E-state index is 5.35. The molecule has 0 radical (unpaired) electrons. The molecule has 2 aliphatic rings. The van der Waals surface area contributed by atoms with E-state index < -0.39 is 0 Å². The number of fused-ring (bicyclic) bond motifs is 8. The molecule has 246 valence electrons. The molecule has 5 nitrogen and oxygen atoms in total. The summed E-state index contributed by atoms with van der Waals surface area (Å²) in [7, 11) is 2.03. The lowest BCUT2D eigenvalue weighted by molar-refractivity contribution is 0.735. The van der Waals surface area contributed by atoms with Crippen LogP contribution in [0.1, 0.15) is 144 Å². The van der Waals surface area contributed by atoms with Gasteiger partial charge in [-0.25, -0.2) is 9.97 Å². The van der Waals surface area contributed by atoms with E-state index in [-0.39, 0.29) is 0 Å². The molecule has 0 atom stereocenters. The van der Waals surface area contributed by atoms with Gasteiger partial charge in [-0.1, -0.05) is 52.9 Å². The van der Waals surface area contributed by atoms with Crippen LogP contribution in [0.15, 0.2) is 24.3 Å². The van der Waals surface area contributed by atoms with Gasteiger partial charge in [-0.05, 0) is 155 Å². The van der Waals surface area contributed by atoms with Crippen LogP contribution in [0.2, 0.25) is 0 Å². The lowest BCUT2D eigenvalue weighted by Crippen LogP contribution is -2.10. The highest BCUT2D eigenvalue weighted by atomic mass is 14.8. The Hall–Kier alpha value is -3.44. The van der Waals surface area contributed by atoms with E-state index in [4.69, 9.17) is 9.97 Å². The summed E-state index contributed by atoms with van der Waals surface area (Å²) < 4.78 is 0. The molecule has 0 aliphatic carbocycles. The summed E-state index contributed by atoms with van der Waals surface area (Å²) in [6.07, 6.45) is 13.8. The van der Waals surface area contributed by atoms with Gasteiger partial charge in [-0.3, -0.25) is 0 Å². The molecule has 0 saturated carbocycles. The Bertz CT molecular complexity index is 1650. The van der Waals surface area contributed by atoms with Gasteiger partial charge in [0.25, 0.3) is 0 Å². The third kappa shape index (κ3) is 7.10. The zero-order valence-electron chi connectivity index (χ0n) is 29.9. The molecule has 46 heavy (non-hydrogen) atoms. The minimum absolute atomic E-state index is 0.928. The smallest absolute Gasteiger partial charge is 0.0693 e. The number of hydrogen-bond donors (Lipinski definition) is 3. The summed E-state index contributed by atoms with van der Waals surface area (Å²) in [4.78, 5) is 18.4. The third-order valence-corrected chi connectivity index (χ3v) is 10.3. The monoisotopic (exact) mass is 619 g/mol. The zero-order chi connectivity index (χ0) is 32.8. The van der Waals surface area contributed by atoms with Gasteiger partial charge in [-0.2, -0.15) is 0 Å². The molecule has 5 heterocycles. The van der Waals surface area contributed by atoms with Crippen molar-refractivity contribution in [1.82, 2.24) is 25.3 Å². The van der Waals surface area contributed by atoms with Crippen LogP contribution in [-0.2, 0) is 12.8 Å². The molecule has 0 amide bonds. The van der Waals surface area contributed by atoms with E-state index in [2.05, 4.69) is 88.0 Å². The second kappa shape index (κ2) is 15.4. The van der Waals surface area contributed by atoms with Crippen molar-refractivity contribution in [1.29, 1.82) is 0 Å². The molecule has 3 aromatic rings. The van der Waals surface area contributed by atoms with Gasteiger partial charge in [0.1, 0.15) is 0 Å². The second-order valence-corrected chi connectivity index (χ2v) is 13.5. The minimum Gasteiger partial charge on any atom is -0.355 e.